The zero-order valence-corrected chi connectivity index (χ0v) is 19.6. The van der Waals surface area contributed by atoms with E-state index in [1.165, 1.54) is 6.07 Å². The van der Waals surface area contributed by atoms with Crippen LogP contribution in [0.5, 0.6) is 0 Å². The van der Waals surface area contributed by atoms with E-state index in [4.69, 9.17) is 4.52 Å². The second-order valence-electron chi connectivity index (χ2n) is 9.36. The molecule has 0 saturated carbocycles. The molecular formula is C27H24FN5O2. The molecule has 0 aliphatic heterocycles. The zero-order chi connectivity index (χ0) is 24.6. The van der Waals surface area contributed by atoms with Gasteiger partial charge in [0.15, 0.2) is 5.82 Å². The Kier molecular flexibility index (Phi) is 5.64. The van der Waals surface area contributed by atoms with Crippen molar-refractivity contribution in [1.82, 2.24) is 19.5 Å². The van der Waals surface area contributed by atoms with E-state index in [0.29, 0.717) is 17.1 Å². The van der Waals surface area contributed by atoms with E-state index in [1.807, 2.05) is 61.7 Å². The molecule has 0 fully saturated rings. The number of nitrogens with zero attached hydrogens (tertiary/aromatic N) is 4. The van der Waals surface area contributed by atoms with Gasteiger partial charge in [0.2, 0.25) is 5.91 Å². The summed E-state index contributed by atoms with van der Waals surface area (Å²) >= 11 is 0. The lowest BCUT2D eigenvalue weighted by Gasteiger charge is -2.12. The van der Waals surface area contributed by atoms with Crippen LogP contribution in [-0.2, 0) is 16.6 Å². The van der Waals surface area contributed by atoms with Gasteiger partial charge in [0.05, 0.1) is 24.0 Å². The van der Waals surface area contributed by atoms with Crippen LogP contribution in [0.4, 0.5) is 10.2 Å². The van der Waals surface area contributed by atoms with Gasteiger partial charge >= 0.3 is 0 Å². The van der Waals surface area contributed by atoms with Gasteiger partial charge in [-0.1, -0.05) is 44.1 Å². The molecule has 1 amide bonds. The fraction of sp³-hybridized carbons (Fsp3) is 0.185. The van der Waals surface area contributed by atoms with Crippen LogP contribution in [0.15, 0.2) is 77.7 Å². The first-order valence-corrected chi connectivity index (χ1v) is 11.2. The van der Waals surface area contributed by atoms with Crippen molar-refractivity contribution in [1.29, 1.82) is 0 Å². The average molecular weight is 470 g/mol. The summed E-state index contributed by atoms with van der Waals surface area (Å²) in [6.45, 7) is 5.96. The third kappa shape index (κ3) is 4.68. The Morgan fingerprint density at radius 2 is 1.91 bits per heavy atom. The molecule has 4 heterocycles. The Hall–Kier alpha value is -4.33. The number of nitrogens with one attached hydrogen (secondary N) is 1. The Bertz CT molecular complexity index is 1520. The van der Waals surface area contributed by atoms with E-state index in [2.05, 4.69) is 20.4 Å². The number of benzene rings is 1. The summed E-state index contributed by atoms with van der Waals surface area (Å²) in [5, 5.41) is 6.54. The highest BCUT2D eigenvalue weighted by Crippen LogP contribution is 2.27. The number of carbonyl (C=O) groups is 1. The van der Waals surface area contributed by atoms with E-state index < -0.39 is 5.82 Å². The fourth-order valence-electron chi connectivity index (χ4n) is 3.78. The molecule has 8 heteroatoms. The quantitative estimate of drug-likeness (QED) is 0.359. The van der Waals surface area contributed by atoms with E-state index in [-0.39, 0.29) is 23.3 Å². The number of halogens is 1. The van der Waals surface area contributed by atoms with E-state index >= 15 is 0 Å². The normalized spacial score (nSPS) is 11.7. The first kappa shape index (κ1) is 22.5. The molecule has 176 valence electrons. The van der Waals surface area contributed by atoms with Gasteiger partial charge in [-0.2, -0.15) is 0 Å². The molecule has 0 saturated heterocycles. The van der Waals surface area contributed by atoms with E-state index in [1.54, 1.807) is 30.6 Å². The standard InChI is InChI=1S/C27H24FN5O2/c1-27(2,3)23-15-24(32-35-23)31-26(34)14-17-7-8-19(12-20(17)28)22-16-30-25-13-18(9-11-33(22)25)21-6-4-5-10-29-21/h4-13,15-16H,14H2,1-3H3,(H,31,32,34). The second-order valence-corrected chi connectivity index (χ2v) is 9.36. The molecule has 0 unspecified atom stereocenters. The van der Waals surface area contributed by atoms with Gasteiger partial charge in [0, 0.05) is 35.0 Å². The van der Waals surface area contributed by atoms with Crippen LogP contribution in [0, 0.1) is 5.82 Å². The summed E-state index contributed by atoms with van der Waals surface area (Å²) in [5.41, 5.74) is 4.01. The summed E-state index contributed by atoms with van der Waals surface area (Å²) in [6, 6.07) is 16.1. The first-order chi connectivity index (χ1) is 16.8. The SMILES string of the molecule is CC(C)(C)c1cc(NC(=O)Cc2ccc(-c3cnc4cc(-c5ccccn5)ccn34)cc2F)no1. The highest BCUT2D eigenvalue weighted by molar-refractivity contribution is 5.91. The van der Waals surface area contributed by atoms with Crippen molar-refractivity contribution >= 4 is 17.4 Å². The molecular weight excluding hydrogens is 445 g/mol. The number of fused-ring (bicyclic) bond motifs is 1. The number of imidazole rings is 1. The lowest BCUT2D eigenvalue weighted by molar-refractivity contribution is -0.115. The number of hydrogen-bond acceptors (Lipinski definition) is 5. The lowest BCUT2D eigenvalue weighted by atomic mass is 9.93. The molecule has 0 radical (unpaired) electrons. The van der Waals surface area contributed by atoms with Crippen LogP contribution >= 0.6 is 0 Å². The monoisotopic (exact) mass is 469 g/mol. The van der Waals surface area contributed by atoms with Crippen molar-refractivity contribution in [2.24, 2.45) is 0 Å². The van der Waals surface area contributed by atoms with Gasteiger partial charge in [0.25, 0.3) is 0 Å². The Labute approximate surface area is 201 Å². The molecule has 7 nitrogen and oxygen atoms in total. The Morgan fingerprint density at radius 3 is 2.63 bits per heavy atom. The molecule has 5 rings (SSSR count). The van der Waals surface area contributed by atoms with Crippen LogP contribution in [0.3, 0.4) is 0 Å². The maximum atomic E-state index is 14.9. The van der Waals surface area contributed by atoms with Crippen molar-refractivity contribution < 1.29 is 13.7 Å². The molecule has 35 heavy (non-hydrogen) atoms. The minimum Gasteiger partial charge on any atom is -0.359 e. The largest absolute Gasteiger partial charge is 0.359 e. The lowest BCUT2D eigenvalue weighted by Crippen LogP contribution is -2.15. The molecule has 0 aliphatic rings. The summed E-state index contributed by atoms with van der Waals surface area (Å²) in [6.07, 6.45) is 5.22. The third-order valence-corrected chi connectivity index (χ3v) is 5.69. The van der Waals surface area contributed by atoms with Crippen LogP contribution in [0.1, 0.15) is 32.1 Å². The van der Waals surface area contributed by atoms with Crippen molar-refractivity contribution in [2.75, 3.05) is 5.32 Å². The van der Waals surface area contributed by atoms with E-state index in [0.717, 1.165) is 22.6 Å². The average Bonchev–Trinajstić information content (AvgIpc) is 3.48. The van der Waals surface area contributed by atoms with Crippen molar-refractivity contribution in [3.63, 3.8) is 0 Å². The van der Waals surface area contributed by atoms with Crippen LogP contribution < -0.4 is 5.32 Å². The zero-order valence-electron chi connectivity index (χ0n) is 19.6. The van der Waals surface area contributed by atoms with Crippen LogP contribution in [0.2, 0.25) is 0 Å². The molecule has 0 spiro atoms. The van der Waals surface area contributed by atoms with Gasteiger partial charge in [-0.15, -0.1) is 0 Å². The van der Waals surface area contributed by atoms with Gasteiger partial charge in [0.1, 0.15) is 17.2 Å². The maximum Gasteiger partial charge on any atom is 0.230 e. The number of pyridine rings is 2. The maximum absolute atomic E-state index is 14.9. The van der Waals surface area contributed by atoms with Gasteiger partial charge < -0.3 is 9.84 Å². The number of aromatic nitrogens is 4. The summed E-state index contributed by atoms with van der Waals surface area (Å²) in [7, 11) is 0. The first-order valence-electron chi connectivity index (χ1n) is 11.2. The van der Waals surface area contributed by atoms with Gasteiger partial charge in [-0.05, 0) is 35.9 Å². The second kappa shape index (κ2) is 8.79. The predicted octanol–water partition coefficient (Wildman–Crippen LogP) is 5.67. The van der Waals surface area contributed by atoms with Crippen LogP contribution in [-0.4, -0.2) is 25.4 Å². The number of rotatable bonds is 5. The highest BCUT2D eigenvalue weighted by Gasteiger charge is 2.20. The third-order valence-electron chi connectivity index (χ3n) is 5.69. The predicted molar refractivity (Wildman–Crippen MR) is 131 cm³/mol. The van der Waals surface area contributed by atoms with Crippen molar-refractivity contribution in [3.05, 3.63) is 90.3 Å². The molecule has 1 N–H and O–H groups in total. The fourth-order valence-corrected chi connectivity index (χ4v) is 3.78. The number of carbonyl (C=O) groups excluding carboxylic acids is 1. The Balaban J connectivity index is 1.33. The number of anilines is 1. The van der Waals surface area contributed by atoms with Gasteiger partial charge in [-0.25, -0.2) is 9.37 Å². The van der Waals surface area contributed by atoms with Crippen LogP contribution in [0.25, 0.3) is 28.2 Å². The molecule has 0 bridgehead atoms. The molecule has 0 atom stereocenters. The summed E-state index contributed by atoms with van der Waals surface area (Å²) < 4.78 is 22.1. The van der Waals surface area contributed by atoms with Crippen molar-refractivity contribution in [3.8, 4) is 22.5 Å². The highest BCUT2D eigenvalue weighted by atomic mass is 19.1. The van der Waals surface area contributed by atoms with Gasteiger partial charge in [-0.3, -0.25) is 14.2 Å². The topological polar surface area (TPSA) is 85.3 Å². The Morgan fingerprint density at radius 1 is 1.06 bits per heavy atom. The van der Waals surface area contributed by atoms with Crippen molar-refractivity contribution in [2.45, 2.75) is 32.6 Å². The number of hydrogen-bond donors (Lipinski definition) is 1. The summed E-state index contributed by atoms with van der Waals surface area (Å²) in [5.74, 6) is 0.131. The molecule has 5 aromatic rings. The summed E-state index contributed by atoms with van der Waals surface area (Å²) in [4.78, 5) is 21.3. The molecule has 4 aromatic heterocycles. The van der Waals surface area contributed by atoms with E-state index in [9.17, 15) is 9.18 Å². The minimum atomic E-state index is -0.465. The number of amides is 1. The smallest absolute Gasteiger partial charge is 0.230 e. The molecule has 1 aromatic carbocycles. The minimum absolute atomic E-state index is 0.121. The molecule has 0 aliphatic carbocycles.